The van der Waals surface area contributed by atoms with Crippen LogP contribution in [-0.2, 0) is 6.61 Å². The molecule has 2 N–H and O–H groups in total. The quantitative estimate of drug-likeness (QED) is 0.265. The molecule has 0 radical (unpaired) electrons. The summed E-state index contributed by atoms with van der Waals surface area (Å²) in [7, 11) is 1.42. The van der Waals surface area contributed by atoms with Crippen LogP contribution in [-0.4, -0.2) is 40.2 Å². The number of aromatic nitrogens is 1. The number of carboxylic acids is 1. The fraction of sp³-hybridized carbons (Fsp3) is 0.0909. The first kappa shape index (κ1) is 24.1. The summed E-state index contributed by atoms with van der Waals surface area (Å²) < 4.78 is 11.1. The zero-order valence-corrected chi connectivity index (χ0v) is 18.4. The minimum absolute atomic E-state index is 0.113. The number of pyridine rings is 1. The predicted octanol–water partition coefficient (Wildman–Crippen LogP) is 3.69. The number of benzene rings is 2. The highest BCUT2D eigenvalue weighted by molar-refractivity contribution is 6.32. The number of amides is 1. The Bertz CT molecular complexity index is 1260. The van der Waals surface area contributed by atoms with Gasteiger partial charge in [-0.3, -0.25) is 14.9 Å². The van der Waals surface area contributed by atoms with E-state index in [0.717, 1.165) is 11.6 Å². The van der Waals surface area contributed by atoms with E-state index in [1.54, 1.807) is 18.2 Å². The Hall–Kier alpha value is -4.51. The van der Waals surface area contributed by atoms with Gasteiger partial charge in [0.25, 0.3) is 5.91 Å². The van der Waals surface area contributed by atoms with Crippen molar-refractivity contribution in [2.75, 3.05) is 7.11 Å². The van der Waals surface area contributed by atoms with Crippen molar-refractivity contribution in [1.82, 2.24) is 10.4 Å². The average molecular weight is 485 g/mol. The molecule has 1 aromatic heterocycles. The molecule has 0 atom stereocenters. The van der Waals surface area contributed by atoms with Gasteiger partial charge in [-0.15, -0.1) is 0 Å². The number of ether oxygens (including phenoxy) is 2. The summed E-state index contributed by atoms with van der Waals surface area (Å²) in [6, 6.07) is 11.8. The molecule has 0 unspecified atom stereocenters. The first-order valence-electron chi connectivity index (χ1n) is 9.55. The van der Waals surface area contributed by atoms with Crippen LogP contribution in [0.5, 0.6) is 11.5 Å². The van der Waals surface area contributed by atoms with E-state index in [9.17, 15) is 19.7 Å². The lowest BCUT2D eigenvalue weighted by atomic mass is 10.1. The molecule has 0 fully saturated rings. The van der Waals surface area contributed by atoms with Crippen LogP contribution in [0.4, 0.5) is 5.69 Å². The molecule has 0 bridgehead atoms. The second-order valence-electron chi connectivity index (χ2n) is 6.65. The summed E-state index contributed by atoms with van der Waals surface area (Å²) in [6.45, 7) is 0.113. The average Bonchev–Trinajstić information content (AvgIpc) is 2.83. The summed E-state index contributed by atoms with van der Waals surface area (Å²) in [5.41, 5.74) is 2.70. The summed E-state index contributed by atoms with van der Waals surface area (Å²) in [5, 5.41) is 24.0. The number of hydrazone groups is 1. The maximum atomic E-state index is 12.2. The van der Waals surface area contributed by atoms with Crippen molar-refractivity contribution in [2.45, 2.75) is 6.61 Å². The highest BCUT2D eigenvalue weighted by Gasteiger charge is 2.20. The van der Waals surface area contributed by atoms with Gasteiger partial charge in [0.15, 0.2) is 11.5 Å². The molecule has 0 aliphatic rings. The molecule has 3 rings (SSSR count). The molecule has 11 nitrogen and oxygen atoms in total. The van der Waals surface area contributed by atoms with Gasteiger partial charge < -0.3 is 14.6 Å². The van der Waals surface area contributed by atoms with Gasteiger partial charge in [0.2, 0.25) is 5.69 Å². The van der Waals surface area contributed by atoms with Crippen LogP contribution >= 0.6 is 11.6 Å². The third-order valence-electron chi connectivity index (χ3n) is 4.41. The molecule has 34 heavy (non-hydrogen) atoms. The van der Waals surface area contributed by atoms with Gasteiger partial charge in [-0.25, -0.2) is 15.2 Å². The van der Waals surface area contributed by atoms with E-state index in [4.69, 9.17) is 26.2 Å². The normalized spacial score (nSPS) is 10.6. The number of hydrogen-bond acceptors (Lipinski definition) is 8. The van der Waals surface area contributed by atoms with Gasteiger partial charge in [0.1, 0.15) is 6.61 Å². The zero-order chi connectivity index (χ0) is 24.7. The van der Waals surface area contributed by atoms with Crippen molar-refractivity contribution in [3.8, 4) is 11.5 Å². The van der Waals surface area contributed by atoms with Crippen molar-refractivity contribution in [3.63, 3.8) is 0 Å². The van der Waals surface area contributed by atoms with Crippen LogP contribution in [0.25, 0.3) is 0 Å². The Balaban J connectivity index is 1.70. The topological polar surface area (TPSA) is 153 Å². The maximum Gasteiger partial charge on any atom is 0.335 e. The summed E-state index contributed by atoms with van der Waals surface area (Å²) in [5.74, 6) is -1.32. The first-order valence-corrected chi connectivity index (χ1v) is 9.93. The highest BCUT2D eigenvalue weighted by Crippen LogP contribution is 2.36. The number of nitrogens with one attached hydrogen (secondary N) is 1. The number of aromatic carboxylic acids is 1. The molecule has 0 aliphatic heterocycles. The number of carboxylic acid groups (broad SMARTS) is 1. The number of nitro groups is 1. The maximum absolute atomic E-state index is 12.2. The molecule has 12 heteroatoms. The summed E-state index contributed by atoms with van der Waals surface area (Å²) in [6.07, 6.45) is 2.53. The van der Waals surface area contributed by atoms with Gasteiger partial charge in [-0.05, 0) is 41.5 Å². The van der Waals surface area contributed by atoms with Crippen LogP contribution in [0, 0.1) is 10.1 Å². The molecule has 1 amide bonds. The van der Waals surface area contributed by atoms with E-state index in [1.807, 2.05) is 0 Å². The van der Waals surface area contributed by atoms with Crippen molar-refractivity contribution < 1.29 is 29.1 Å². The standard InChI is InChI=1S/C22H17ClN4O7/c1-33-18-10-14(11-25-26-21(28)19-17(27(31)32)3-2-8-24-19)9-16(23)20(18)34-12-13-4-6-15(7-5-13)22(29)30/h2-11H,12H2,1H3,(H,26,28)(H,29,30)/b25-11+. The number of carbonyl (C=O) groups excluding carboxylic acids is 1. The van der Waals surface area contributed by atoms with E-state index in [0.29, 0.717) is 11.3 Å². The van der Waals surface area contributed by atoms with Gasteiger partial charge in [0, 0.05) is 12.3 Å². The molecule has 0 aliphatic carbocycles. The molecule has 0 saturated carbocycles. The minimum Gasteiger partial charge on any atom is -0.493 e. The van der Waals surface area contributed by atoms with Crippen LogP contribution in [0.3, 0.4) is 0 Å². The van der Waals surface area contributed by atoms with Gasteiger partial charge >= 0.3 is 11.7 Å². The Morgan fingerprint density at radius 1 is 1.26 bits per heavy atom. The molecule has 0 saturated heterocycles. The fourth-order valence-electron chi connectivity index (χ4n) is 2.79. The van der Waals surface area contributed by atoms with Crippen molar-refractivity contribution in [3.05, 3.63) is 92.2 Å². The van der Waals surface area contributed by atoms with E-state index in [-0.39, 0.29) is 28.6 Å². The molecule has 3 aromatic rings. The van der Waals surface area contributed by atoms with Crippen LogP contribution in [0.2, 0.25) is 5.02 Å². The molecule has 0 spiro atoms. The second kappa shape index (κ2) is 10.9. The lowest BCUT2D eigenvalue weighted by molar-refractivity contribution is -0.385. The third-order valence-corrected chi connectivity index (χ3v) is 4.69. The Morgan fingerprint density at radius 2 is 2.00 bits per heavy atom. The number of carbonyl (C=O) groups is 2. The first-order chi connectivity index (χ1) is 16.3. The SMILES string of the molecule is COc1cc(/C=N/NC(=O)c2ncccc2[N+](=O)[O-])cc(Cl)c1OCc1ccc(C(=O)O)cc1. The largest absolute Gasteiger partial charge is 0.493 e. The number of hydrogen-bond donors (Lipinski definition) is 2. The fourth-order valence-corrected chi connectivity index (χ4v) is 3.06. The van der Waals surface area contributed by atoms with Crippen molar-refractivity contribution in [2.24, 2.45) is 5.10 Å². The Morgan fingerprint density at radius 3 is 2.65 bits per heavy atom. The zero-order valence-electron chi connectivity index (χ0n) is 17.6. The number of nitrogens with zero attached hydrogens (tertiary/aromatic N) is 3. The highest BCUT2D eigenvalue weighted by atomic mass is 35.5. The Kier molecular flexibility index (Phi) is 7.72. The number of halogens is 1. The predicted molar refractivity (Wildman–Crippen MR) is 122 cm³/mol. The summed E-state index contributed by atoms with van der Waals surface area (Å²) >= 11 is 6.32. The van der Waals surface area contributed by atoms with Crippen molar-refractivity contribution >= 4 is 35.4 Å². The molecule has 2 aromatic carbocycles. The number of rotatable bonds is 9. The van der Waals surface area contributed by atoms with E-state index in [2.05, 4.69) is 15.5 Å². The minimum atomic E-state index is -1.02. The molecular formula is C22H17ClN4O7. The lowest BCUT2D eigenvalue weighted by Crippen LogP contribution is -2.20. The smallest absolute Gasteiger partial charge is 0.335 e. The van der Waals surface area contributed by atoms with Gasteiger partial charge in [0.05, 0.1) is 28.8 Å². The summed E-state index contributed by atoms with van der Waals surface area (Å²) in [4.78, 5) is 37.2. The van der Waals surface area contributed by atoms with Crippen LogP contribution in [0.15, 0.2) is 59.8 Å². The van der Waals surface area contributed by atoms with Crippen LogP contribution in [0.1, 0.15) is 32.0 Å². The van der Waals surface area contributed by atoms with Crippen molar-refractivity contribution in [1.29, 1.82) is 0 Å². The van der Waals surface area contributed by atoms with Crippen LogP contribution < -0.4 is 14.9 Å². The molecule has 174 valence electrons. The molecular weight excluding hydrogens is 468 g/mol. The lowest BCUT2D eigenvalue weighted by Gasteiger charge is -2.13. The van der Waals surface area contributed by atoms with Gasteiger partial charge in [-0.2, -0.15) is 5.10 Å². The van der Waals surface area contributed by atoms with E-state index >= 15 is 0 Å². The van der Waals surface area contributed by atoms with E-state index in [1.165, 1.54) is 43.8 Å². The molecule has 1 heterocycles. The monoisotopic (exact) mass is 484 g/mol. The third kappa shape index (κ3) is 5.84. The second-order valence-corrected chi connectivity index (χ2v) is 7.06. The number of methoxy groups -OCH3 is 1. The Labute approximate surface area is 197 Å². The van der Waals surface area contributed by atoms with Gasteiger partial charge in [-0.1, -0.05) is 23.7 Å². The van der Waals surface area contributed by atoms with E-state index < -0.39 is 22.5 Å².